The van der Waals surface area contributed by atoms with E-state index < -0.39 is 5.41 Å². The fourth-order valence-corrected chi connectivity index (χ4v) is 2.86. The minimum Gasteiger partial charge on any atom is -0.490 e. The molecule has 0 aliphatic carbocycles. The third-order valence-corrected chi connectivity index (χ3v) is 4.35. The van der Waals surface area contributed by atoms with Gasteiger partial charge in [0, 0.05) is 18.8 Å². The van der Waals surface area contributed by atoms with Crippen molar-refractivity contribution in [2.45, 2.75) is 20.3 Å². The highest BCUT2D eigenvalue weighted by atomic mass is 19.1. The van der Waals surface area contributed by atoms with E-state index in [0.717, 1.165) is 5.56 Å². The Labute approximate surface area is 151 Å². The molecule has 0 spiro atoms. The highest BCUT2D eigenvalue weighted by molar-refractivity contribution is 5.99. The smallest absolute Gasteiger partial charge is 0.235 e. The summed E-state index contributed by atoms with van der Waals surface area (Å²) in [5.41, 5.74) is 1.34. The van der Waals surface area contributed by atoms with Crippen LogP contribution in [0.15, 0.2) is 42.5 Å². The average molecular weight is 356 g/mol. The number of hydrogen-bond donors (Lipinski definition) is 1. The lowest BCUT2D eigenvalue weighted by atomic mass is 9.93. The molecule has 1 heterocycles. The predicted octanol–water partition coefficient (Wildman–Crippen LogP) is 3.39. The summed E-state index contributed by atoms with van der Waals surface area (Å²) >= 11 is 0. The monoisotopic (exact) mass is 356 g/mol. The fourth-order valence-electron chi connectivity index (χ4n) is 2.86. The van der Waals surface area contributed by atoms with Crippen molar-refractivity contribution in [3.8, 4) is 5.75 Å². The van der Waals surface area contributed by atoms with Crippen molar-refractivity contribution in [3.05, 3.63) is 53.8 Å². The molecule has 0 saturated heterocycles. The summed E-state index contributed by atoms with van der Waals surface area (Å²) < 4.78 is 18.7. The molecule has 26 heavy (non-hydrogen) atoms. The van der Waals surface area contributed by atoms with Crippen molar-refractivity contribution in [1.82, 2.24) is 0 Å². The van der Waals surface area contributed by atoms with Crippen molar-refractivity contribution in [1.29, 1.82) is 0 Å². The molecule has 2 amide bonds. The lowest BCUT2D eigenvalue weighted by molar-refractivity contribution is -0.127. The van der Waals surface area contributed by atoms with E-state index in [1.165, 1.54) is 12.1 Å². The Kier molecular flexibility index (Phi) is 4.68. The first-order chi connectivity index (χ1) is 12.3. The summed E-state index contributed by atoms with van der Waals surface area (Å²) in [5.74, 6) is -0.0241. The number of ether oxygens (including phenoxy) is 1. The molecule has 0 aromatic heterocycles. The van der Waals surface area contributed by atoms with Gasteiger partial charge in [-0.15, -0.1) is 0 Å². The van der Waals surface area contributed by atoms with Gasteiger partial charge in [-0.25, -0.2) is 4.39 Å². The number of carbonyl (C=O) groups is 2. The van der Waals surface area contributed by atoms with Gasteiger partial charge in [-0.2, -0.15) is 0 Å². The van der Waals surface area contributed by atoms with Gasteiger partial charge in [0.2, 0.25) is 11.8 Å². The van der Waals surface area contributed by atoms with E-state index in [0.29, 0.717) is 17.1 Å². The Morgan fingerprint density at radius 1 is 1.23 bits per heavy atom. The summed E-state index contributed by atoms with van der Waals surface area (Å²) in [6.07, 6.45) is 0.143. The summed E-state index contributed by atoms with van der Waals surface area (Å²) in [7, 11) is 1.71. The molecule has 1 aliphatic rings. The quantitative estimate of drug-likeness (QED) is 0.917. The topological polar surface area (TPSA) is 58.6 Å². The van der Waals surface area contributed by atoms with Crippen LogP contribution in [0.5, 0.6) is 5.75 Å². The number of halogens is 1. The Balaban J connectivity index is 1.75. The molecule has 0 radical (unpaired) electrons. The molecule has 3 rings (SSSR count). The van der Waals surface area contributed by atoms with E-state index in [-0.39, 0.29) is 30.7 Å². The molecule has 0 unspecified atom stereocenters. The van der Waals surface area contributed by atoms with Crippen LogP contribution in [0.3, 0.4) is 0 Å². The van der Waals surface area contributed by atoms with Gasteiger partial charge in [-0.1, -0.05) is 12.1 Å². The van der Waals surface area contributed by atoms with Crippen molar-refractivity contribution >= 4 is 23.2 Å². The first kappa shape index (κ1) is 17.9. The van der Waals surface area contributed by atoms with Crippen LogP contribution in [0, 0.1) is 11.2 Å². The third kappa shape index (κ3) is 3.69. The molecule has 0 fully saturated rings. The van der Waals surface area contributed by atoms with Gasteiger partial charge in [0.1, 0.15) is 18.2 Å². The SMILES string of the molecule is CN1C(=O)C(C)(C)COc2cc(NC(=O)Cc3ccc(F)cc3)ccc21. The molecule has 1 N–H and O–H groups in total. The molecule has 0 atom stereocenters. The van der Waals surface area contributed by atoms with E-state index in [4.69, 9.17) is 4.74 Å². The first-order valence-electron chi connectivity index (χ1n) is 8.35. The van der Waals surface area contributed by atoms with Gasteiger partial charge in [0.05, 0.1) is 17.5 Å². The summed E-state index contributed by atoms with van der Waals surface area (Å²) in [6.45, 7) is 3.93. The standard InChI is InChI=1S/C20H21FN2O3/c1-20(2)12-26-17-11-15(8-9-16(17)23(3)19(20)25)22-18(24)10-13-4-6-14(21)7-5-13/h4-9,11H,10,12H2,1-3H3,(H,22,24). The molecule has 1 aliphatic heterocycles. The van der Waals surface area contributed by atoms with Crippen LogP contribution in [0.4, 0.5) is 15.8 Å². The zero-order valence-corrected chi connectivity index (χ0v) is 15.0. The molecule has 0 saturated carbocycles. The van der Waals surface area contributed by atoms with Crippen LogP contribution in [0.1, 0.15) is 19.4 Å². The van der Waals surface area contributed by atoms with Crippen LogP contribution < -0.4 is 15.0 Å². The Morgan fingerprint density at radius 3 is 2.62 bits per heavy atom. The zero-order chi connectivity index (χ0) is 18.9. The minimum absolute atomic E-state index is 0.0238. The van der Waals surface area contributed by atoms with Crippen molar-refractivity contribution < 1.29 is 18.7 Å². The Hall–Kier alpha value is -2.89. The van der Waals surface area contributed by atoms with Crippen molar-refractivity contribution in [2.75, 3.05) is 23.9 Å². The van der Waals surface area contributed by atoms with Crippen LogP contribution in [0.25, 0.3) is 0 Å². The van der Waals surface area contributed by atoms with E-state index in [1.807, 2.05) is 13.8 Å². The van der Waals surface area contributed by atoms with Crippen LogP contribution in [0.2, 0.25) is 0 Å². The number of rotatable bonds is 3. The number of amides is 2. The van der Waals surface area contributed by atoms with Gasteiger partial charge < -0.3 is 15.0 Å². The van der Waals surface area contributed by atoms with Crippen LogP contribution in [-0.4, -0.2) is 25.5 Å². The third-order valence-electron chi connectivity index (χ3n) is 4.35. The van der Waals surface area contributed by atoms with E-state index in [2.05, 4.69) is 5.32 Å². The molecular weight excluding hydrogens is 335 g/mol. The maximum Gasteiger partial charge on any atom is 0.235 e. The largest absolute Gasteiger partial charge is 0.490 e. The van der Waals surface area contributed by atoms with Crippen LogP contribution in [-0.2, 0) is 16.0 Å². The highest BCUT2D eigenvalue weighted by Gasteiger charge is 2.36. The van der Waals surface area contributed by atoms with E-state index in [9.17, 15) is 14.0 Å². The second-order valence-electron chi connectivity index (χ2n) is 7.07. The lowest BCUT2D eigenvalue weighted by Gasteiger charge is -2.24. The number of nitrogens with zero attached hydrogens (tertiary/aromatic N) is 1. The zero-order valence-electron chi connectivity index (χ0n) is 15.0. The maximum atomic E-state index is 12.9. The summed E-state index contributed by atoms with van der Waals surface area (Å²) in [5, 5.41) is 2.81. The lowest BCUT2D eigenvalue weighted by Crippen LogP contribution is -2.39. The predicted molar refractivity (Wildman–Crippen MR) is 97.9 cm³/mol. The number of fused-ring (bicyclic) bond motifs is 1. The second-order valence-corrected chi connectivity index (χ2v) is 7.07. The Morgan fingerprint density at radius 2 is 1.92 bits per heavy atom. The van der Waals surface area contributed by atoms with Crippen molar-refractivity contribution in [2.24, 2.45) is 5.41 Å². The molecule has 0 bridgehead atoms. The van der Waals surface area contributed by atoms with E-state index >= 15 is 0 Å². The molecule has 136 valence electrons. The maximum absolute atomic E-state index is 12.9. The van der Waals surface area contributed by atoms with Gasteiger partial charge in [-0.3, -0.25) is 9.59 Å². The normalized spacial score (nSPS) is 15.7. The van der Waals surface area contributed by atoms with Crippen molar-refractivity contribution in [3.63, 3.8) is 0 Å². The number of carbonyl (C=O) groups excluding carboxylic acids is 2. The number of benzene rings is 2. The Bertz CT molecular complexity index is 847. The second kappa shape index (κ2) is 6.78. The molecule has 6 heteroatoms. The first-order valence-corrected chi connectivity index (χ1v) is 8.35. The van der Waals surface area contributed by atoms with Gasteiger partial charge in [0.25, 0.3) is 0 Å². The number of anilines is 2. The molecular formula is C20H21FN2O3. The van der Waals surface area contributed by atoms with Gasteiger partial charge >= 0.3 is 0 Å². The summed E-state index contributed by atoms with van der Waals surface area (Å²) in [4.78, 5) is 26.3. The average Bonchev–Trinajstić information content (AvgIpc) is 2.68. The fraction of sp³-hybridized carbons (Fsp3) is 0.300. The van der Waals surface area contributed by atoms with E-state index in [1.54, 1.807) is 42.3 Å². The molecule has 2 aromatic rings. The summed E-state index contributed by atoms with van der Waals surface area (Å²) in [6, 6.07) is 11.0. The molecule has 2 aromatic carbocycles. The minimum atomic E-state index is -0.625. The van der Waals surface area contributed by atoms with Crippen LogP contribution >= 0.6 is 0 Å². The number of nitrogens with one attached hydrogen (secondary N) is 1. The molecule has 5 nitrogen and oxygen atoms in total. The van der Waals surface area contributed by atoms with Gasteiger partial charge in [-0.05, 0) is 43.7 Å². The number of hydrogen-bond acceptors (Lipinski definition) is 3. The highest BCUT2D eigenvalue weighted by Crippen LogP contribution is 2.37. The van der Waals surface area contributed by atoms with Gasteiger partial charge in [0.15, 0.2) is 0 Å².